The minimum absolute atomic E-state index is 0.0644. The zero-order valence-corrected chi connectivity index (χ0v) is 57.7. The van der Waals surface area contributed by atoms with E-state index in [4.69, 9.17) is 71.5 Å². The summed E-state index contributed by atoms with van der Waals surface area (Å²) in [5, 5.41) is 3.89. The molecule has 0 bridgehead atoms. The minimum atomic E-state index is -0.396. The Bertz CT molecular complexity index is 4030. The van der Waals surface area contributed by atoms with Crippen LogP contribution in [0.25, 0.3) is 54.7 Å². The van der Waals surface area contributed by atoms with Crippen LogP contribution in [0.15, 0.2) is 140 Å². The van der Waals surface area contributed by atoms with Crippen molar-refractivity contribution in [2.75, 3.05) is 66.1 Å². The van der Waals surface area contributed by atoms with Crippen LogP contribution in [0.4, 0.5) is 0 Å². The number of unbranched alkanes of at least 4 members (excludes halogenated alkanes) is 6. The summed E-state index contributed by atoms with van der Waals surface area (Å²) in [6, 6.07) is 41.3. The number of carbonyl (C=O) groups excluding carboxylic acids is 3. The van der Waals surface area contributed by atoms with Crippen molar-refractivity contribution in [2.24, 2.45) is 23.7 Å². The van der Waals surface area contributed by atoms with Crippen molar-refractivity contribution < 1.29 is 76.0 Å². The van der Waals surface area contributed by atoms with Gasteiger partial charge in [0.2, 0.25) is 0 Å². The van der Waals surface area contributed by atoms with Crippen molar-refractivity contribution in [1.29, 1.82) is 0 Å². The van der Waals surface area contributed by atoms with Gasteiger partial charge >= 0.3 is 17.9 Å². The summed E-state index contributed by atoms with van der Waals surface area (Å²) in [5.41, 5.74) is 4.60. The molecule has 4 aliphatic rings. The Morgan fingerprint density at radius 1 is 0.434 bits per heavy atom. The van der Waals surface area contributed by atoms with E-state index in [0.29, 0.717) is 96.2 Å². The van der Waals surface area contributed by atoms with Crippen LogP contribution in [-0.2, 0) is 42.8 Å². The molecule has 1 aromatic heterocycles. The van der Waals surface area contributed by atoms with Crippen molar-refractivity contribution in [1.82, 2.24) is 9.97 Å². The van der Waals surface area contributed by atoms with Gasteiger partial charge in [0, 0.05) is 23.5 Å². The third-order valence-electron chi connectivity index (χ3n) is 19.2. The molecule has 524 valence electrons. The molecule has 7 aromatic carbocycles. The summed E-state index contributed by atoms with van der Waals surface area (Å²) >= 11 is 0. The number of rotatable bonds is 37. The van der Waals surface area contributed by atoms with E-state index in [-0.39, 0.29) is 59.4 Å². The van der Waals surface area contributed by atoms with Gasteiger partial charge in [-0.05, 0) is 267 Å². The predicted octanol–water partition coefficient (Wildman–Crippen LogP) is 16.6. The average molecular weight is 1350 g/mol. The fourth-order valence-electron chi connectivity index (χ4n) is 13.0. The van der Waals surface area contributed by atoms with E-state index in [0.717, 1.165) is 168 Å². The highest BCUT2D eigenvalue weighted by Crippen LogP contribution is 2.41. The summed E-state index contributed by atoms with van der Waals surface area (Å²) in [4.78, 5) is 48.9. The molecule has 2 atom stereocenters. The lowest BCUT2D eigenvalue weighted by Gasteiger charge is -2.27. The number of nitrogens with zero attached hydrogens (tertiary/aromatic N) is 2. The monoisotopic (exact) mass is 1350 g/mol. The number of aromatic nitrogens is 2. The molecule has 0 amide bonds. The molecule has 18 heteroatoms. The number of hydrogen-bond acceptors (Lipinski definition) is 18. The third-order valence-corrected chi connectivity index (χ3v) is 19.2. The van der Waals surface area contributed by atoms with Gasteiger partial charge < -0.3 is 61.6 Å². The van der Waals surface area contributed by atoms with E-state index in [1.54, 1.807) is 24.3 Å². The van der Waals surface area contributed by atoms with E-state index in [1.165, 1.54) is 6.08 Å². The molecular formula is C81H94N2O16. The molecule has 2 aliphatic carbocycles. The molecule has 3 heterocycles. The first-order valence-electron chi connectivity index (χ1n) is 35.6. The van der Waals surface area contributed by atoms with Gasteiger partial charge in [0.25, 0.3) is 0 Å². The predicted molar refractivity (Wildman–Crippen MR) is 379 cm³/mol. The Morgan fingerprint density at radius 2 is 0.879 bits per heavy atom. The van der Waals surface area contributed by atoms with Gasteiger partial charge in [-0.25, -0.2) is 14.8 Å². The van der Waals surface area contributed by atoms with Crippen LogP contribution in [0.3, 0.4) is 0 Å². The summed E-state index contributed by atoms with van der Waals surface area (Å²) in [6.07, 6.45) is 14.9. The lowest BCUT2D eigenvalue weighted by Crippen LogP contribution is -2.27. The molecule has 12 rings (SSSR count). The smallest absolute Gasteiger partial charge is 0.330 e. The van der Waals surface area contributed by atoms with Gasteiger partial charge in [-0.1, -0.05) is 31.2 Å². The van der Waals surface area contributed by atoms with Gasteiger partial charge in [-0.3, -0.25) is 9.59 Å². The van der Waals surface area contributed by atoms with Gasteiger partial charge in [0.1, 0.15) is 58.1 Å². The van der Waals surface area contributed by atoms with E-state index >= 15 is 0 Å². The zero-order valence-electron chi connectivity index (χ0n) is 57.7. The van der Waals surface area contributed by atoms with Crippen molar-refractivity contribution in [3.63, 3.8) is 0 Å². The second-order valence-electron chi connectivity index (χ2n) is 27.6. The average Bonchev–Trinajstić information content (AvgIpc) is 1.51. The highest BCUT2D eigenvalue weighted by atomic mass is 16.8. The quantitative estimate of drug-likeness (QED) is 0.00675. The van der Waals surface area contributed by atoms with Crippen LogP contribution in [-0.4, -0.2) is 118 Å². The number of fused-ring (bicyclic) bond motifs is 7. The summed E-state index contributed by atoms with van der Waals surface area (Å²) in [5.74, 6) is 4.07. The standard InChI is InChI=1S/C81H94N2O16/c1-6-73(84)91-42-13-9-7-11-40-88-60-27-31-62(32-28-60)96-77(86)57-24-20-55(21-25-57)53-95-66-36-38-68-67-37-35-65(94-52-54-18-22-56(23-19-54)76(85)97-63-33-29-61(30-34-63)89-41-12-8-10-14-43-92-78-80(2,3)98-78)50-69(67)74-75(70(68)51-66)83-72-49-59(26-39-71(72)82-74)58-16-15-17-64(48-58)90-46-44-87-45-47-93-79-81(4,5)99-79/h6,15-17,26-39,48-51,54-57,78-79H,1,7-14,18-25,40-47,52-53H2,2-5H3. The summed E-state index contributed by atoms with van der Waals surface area (Å²) < 4.78 is 76.2. The summed E-state index contributed by atoms with van der Waals surface area (Å²) in [7, 11) is 0. The van der Waals surface area contributed by atoms with Crippen LogP contribution in [0, 0.1) is 23.7 Å². The number of epoxide rings is 2. The molecule has 99 heavy (non-hydrogen) atoms. The Kier molecular flexibility index (Phi) is 24.0. The van der Waals surface area contributed by atoms with E-state index in [2.05, 4.69) is 49.0 Å². The number of ether oxygens (including phenoxy) is 13. The van der Waals surface area contributed by atoms with Gasteiger partial charge in [0.05, 0.1) is 86.8 Å². The topological polar surface area (TPSA) is 204 Å². The molecule has 2 saturated carbocycles. The molecule has 18 nitrogen and oxygen atoms in total. The molecule has 0 N–H and O–H groups in total. The molecule has 0 radical (unpaired) electrons. The molecule has 2 aliphatic heterocycles. The fourth-order valence-corrected chi connectivity index (χ4v) is 13.0. The number of esters is 3. The van der Waals surface area contributed by atoms with Crippen LogP contribution in [0.1, 0.15) is 130 Å². The lowest BCUT2D eigenvalue weighted by atomic mass is 9.82. The molecule has 4 fully saturated rings. The molecular weight excluding hydrogens is 1260 g/mol. The second kappa shape index (κ2) is 33.6. The maximum Gasteiger partial charge on any atom is 0.330 e. The van der Waals surface area contributed by atoms with Crippen LogP contribution in [0.5, 0.6) is 40.2 Å². The minimum Gasteiger partial charge on any atom is -0.494 e. The van der Waals surface area contributed by atoms with Gasteiger partial charge in [-0.2, -0.15) is 0 Å². The van der Waals surface area contributed by atoms with Crippen molar-refractivity contribution in [3.05, 3.63) is 140 Å². The van der Waals surface area contributed by atoms with Crippen LogP contribution in [0.2, 0.25) is 0 Å². The first-order chi connectivity index (χ1) is 48.2. The second-order valence-corrected chi connectivity index (χ2v) is 27.6. The van der Waals surface area contributed by atoms with Crippen molar-refractivity contribution >= 4 is 61.5 Å². The largest absolute Gasteiger partial charge is 0.494 e. The molecule has 2 unspecified atom stereocenters. The first-order valence-corrected chi connectivity index (χ1v) is 35.6. The fraction of sp³-hybridized carbons (Fsp3) is 0.469. The normalized spacial score (nSPS) is 19.9. The number of benzene rings is 7. The molecule has 8 aromatic rings. The van der Waals surface area contributed by atoms with E-state index in [9.17, 15) is 14.4 Å². The highest BCUT2D eigenvalue weighted by Gasteiger charge is 2.50. The lowest BCUT2D eigenvalue weighted by molar-refractivity contribution is -0.141. The highest BCUT2D eigenvalue weighted by molar-refractivity contribution is 6.24. The van der Waals surface area contributed by atoms with Crippen LogP contribution < -0.4 is 33.2 Å². The van der Waals surface area contributed by atoms with Gasteiger partial charge in [0.15, 0.2) is 12.6 Å². The summed E-state index contributed by atoms with van der Waals surface area (Å²) in [6.45, 7) is 16.6. The zero-order chi connectivity index (χ0) is 68.6. The maximum atomic E-state index is 13.4. The Hall–Kier alpha value is -8.39. The van der Waals surface area contributed by atoms with Gasteiger partial charge in [-0.15, -0.1) is 0 Å². The van der Waals surface area contributed by atoms with Crippen LogP contribution >= 0.6 is 0 Å². The maximum absolute atomic E-state index is 13.4. The van der Waals surface area contributed by atoms with E-state index < -0.39 is 5.97 Å². The molecule has 0 spiro atoms. The SMILES string of the molecule is C=CC(=O)OCCCCCCOc1ccc(OC(=O)C2CCC(COc3ccc4c5ccc(OCC6CCC(C(=O)Oc7ccc(OCCCCCCOC8OC8(C)C)cc7)CC6)cc5c5nc6ccc(-c7cccc(OCCOCCOC8OC8(C)C)c7)cc6nc5c4c3)CC2)cc1. The Morgan fingerprint density at radius 3 is 1.40 bits per heavy atom. The van der Waals surface area contributed by atoms with Crippen molar-refractivity contribution in [2.45, 2.75) is 154 Å². The number of hydrogen-bond donors (Lipinski definition) is 0. The third kappa shape index (κ3) is 19.8. The first kappa shape index (κ1) is 70.5. The Balaban J connectivity index is 0.658. The van der Waals surface area contributed by atoms with E-state index in [1.807, 2.05) is 88.4 Å². The van der Waals surface area contributed by atoms with Crippen molar-refractivity contribution in [3.8, 4) is 51.4 Å². The number of carbonyl (C=O) groups is 3. The molecule has 2 saturated heterocycles. The Labute approximate surface area is 580 Å².